The molecule has 4 aromatic rings. The minimum atomic E-state index is 0.423. The third-order valence-corrected chi connectivity index (χ3v) is 5.01. The third-order valence-electron chi connectivity index (χ3n) is 5.01. The number of fused-ring (bicyclic) bond motifs is 2. The van der Waals surface area contributed by atoms with Gasteiger partial charge in [-0.3, -0.25) is 0 Å². The van der Waals surface area contributed by atoms with Gasteiger partial charge in [-0.2, -0.15) is 0 Å². The van der Waals surface area contributed by atoms with Crippen LogP contribution in [0.2, 0.25) is 0 Å². The van der Waals surface area contributed by atoms with Gasteiger partial charge in [0, 0.05) is 54.2 Å². The zero-order valence-corrected chi connectivity index (χ0v) is 14.0. The van der Waals surface area contributed by atoms with Crippen LogP contribution in [-0.2, 0) is 14.1 Å². The molecule has 0 fully saturated rings. The van der Waals surface area contributed by atoms with Gasteiger partial charge in [0.2, 0.25) is 0 Å². The Balaban J connectivity index is 1.97. The second kappa shape index (κ2) is 5.31. The number of para-hydroxylation sites is 2. The maximum Gasteiger partial charge on any atom is 0.0480 e. The van der Waals surface area contributed by atoms with Gasteiger partial charge < -0.3 is 9.13 Å². The van der Waals surface area contributed by atoms with Crippen molar-refractivity contribution in [2.75, 3.05) is 0 Å². The Bertz CT molecular complexity index is 908. The first-order valence-corrected chi connectivity index (χ1v) is 8.28. The van der Waals surface area contributed by atoms with Gasteiger partial charge in [0.25, 0.3) is 0 Å². The quantitative estimate of drug-likeness (QED) is 0.491. The standard InChI is InChI=1S/C21H22N2/c1-4-15(18-13-22(2)20-11-7-5-9-16(18)20)19-14-23(3)21-12-8-6-10-17(19)21/h5-15H,4H2,1-3H3. The average molecular weight is 302 g/mol. The van der Waals surface area contributed by atoms with E-state index in [0.29, 0.717) is 5.92 Å². The van der Waals surface area contributed by atoms with Crippen molar-refractivity contribution >= 4 is 21.8 Å². The lowest BCUT2D eigenvalue weighted by Gasteiger charge is -2.14. The van der Waals surface area contributed by atoms with Crippen molar-refractivity contribution in [2.24, 2.45) is 14.1 Å². The molecule has 116 valence electrons. The summed E-state index contributed by atoms with van der Waals surface area (Å²) in [5.41, 5.74) is 5.48. The Kier molecular flexibility index (Phi) is 3.26. The predicted octanol–water partition coefficient (Wildman–Crippen LogP) is 5.21. The largest absolute Gasteiger partial charge is 0.350 e. The van der Waals surface area contributed by atoms with E-state index in [0.717, 1.165) is 6.42 Å². The van der Waals surface area contributed by atoms with Crippen molar-refractivity contribution in [3.63, 3.8) is 0 Å². The summed E-state index contributed by atoms with van der Waals surface area (Å²) in [6.07, 6.45) is 5.71. The van der Waals surface area contributed by atoms with Crippen molar-refractivity contribution in [3.8, 4) is 0 Å². The van der Waals surface area contributed by atoms with Gasteiger partial charge in [-0.05, 0) is 29.7 Å². The molecular weight excluding hydrogens is 280 g/mol. The van der Waals surface area contributed by atoms with E-state index in [9.17, 15) is 0 Å². The molecule has 0 radical (unpaired) electrons. The Hall–Kier alpha value is -2.48. The first-order valence-electron chi connectivity index (χ1n) is 8.28. The minimum Gasteiger partial charge on any atom is -0.350 e. The fourth-order valence-corrected chi connectivity index (χ4v) is 3.91. The number of benzene rings is 2. The van der Waals surface area contributed by atoms with Gasteiger partial charge >= 0.3 is 0 Å². The molecule has 2 heterocycles. The summed E-state index contributed by atoms with van der Waals surface area (Å²) in [7, 11) is 4.28. The van der Waals surface area contributed by atoms with E-state index in [1.807, 2.05) is 0 Å². The average Bonchev–Trinajstić information content (AvgIpc) is 3.09. The highest BCUT2D eigenvalue weighted by Crippen LogP contribution is 2.37. The molecule has 0 unspecified atom stereocenters. The van der Waals surface area contributed by atoms with Gasteiger partial charge in [-0.25, -0.2) is 0 Å². The molecule has 0 saturated heterocycles. The first-order chi connectivity index (χ1) is 11.2. The van der Waals surface area contributed by atoms with Crippen LogP contribution in [0.15, 0.2) is 60.9 Å². The summed E-state index contributed by atoms with van der Waals surface area (Å²) >= 11 is 0. The lowest BCUT2D eigenvalue weighted by molar-refractivity contribution is 0.776. The number of hydrogen-bond acceptors (Lipinski definition) is 0. The molecule has 4 rings (SSSR count). The first kappa shape index (κ1) is 14.1. The molecule has 0 aliphatic rings. The Morgan fingerprint density at radius 3 is 1.61 bits per heavy atom. The summed E-state index contributed by atoms with van der Waals surface area (Å²) in [5.74, 6) is 0.423. The molecule has 0 aliphatic carbocycles. The highest BCUT2D eigenvalue weighted by Gasteiger charge is 2.21. The van der Waals surface area contributed by atoms with Crippen LogP contribution < -0.4 is 0 Å². The van der Waals surface area contributed by atoms with Crippen LogP contribution in [0.5, 0.6) is 0 Å². The molecular formula is C21H22N2. The summed E-state index contributed by atoms with van der Waals surface area (Å²) in [6.45, 7) is 2.29. The van der Waals surface area contributed by atoms with Gasteiger partial charge in [0.05, 0.1) is 0 Å². The van der Waals surface area contributed by atoms with Gasteiger partial charge in [-0.1, -0.05) is 43.3 Å². The highest BCUT2D eigenvalue weighted by atomic mass is 14.9. The predicted molar refractivity (Wildman–Crippen MR) is 98.0 cm³/mol. The maximum atomic E-state index is 2.31. The summed E-state index contributed by atoms with van der Waals surface area (Å²) < 4.78 is 4.50. The number of hydrogen-bond donors (Lipinski definition) is 0. The van der Waals surface area contributed by atoms with Crippen LogP contribution in [-0.4, -0.2) is 9.13 Å². The number of rotatable bonds is 3. The van der Waals surface area contributed by atoms with Gasteiger partial charge in [-0.15, -0.1) is 0 Å². The molecule has 0 aliphatic heterocycles. The van der Waals surface area contributed by atoms with Crippen LogP contribution in [0, 0.1) is 0 Å². The van der Waals surface area contributed by atoms with E-state index in [2.05, 4.69) is 91.1 Å². The summed E-state index contributed by atoms with van der Waals surface area (Å²) in [5, 5.41) is 2.74. The van der Waals surface area contributed by atoms with Crippen molar-refractivity contribution < 1.29 is 0 Å². The molecule has 23 heavy (non-hydrogen) atoms. The SMILES string of the molecule is CCC(c1cn(C)c2ccccc12)c1cn(C)c2ccccc12. The molecule has 0 atom stereocenters. The monoisotopic (exact) mass is 302 g/mol. The molecule has 2 aromatic heterocycles. The molecule has 2 nitrogen and oxygen atoms in total. The lowest BCUT2D eigenvalue weighted by Crippen LogP contribution is -1.98. The Labute approximate surface area is 137 Å². The lowest BCUT2D eigenvalue weighted by atomic mass is 9.89. The van der Waals surface area contributed by atoms with Gasteiger partial charge in [0.15, 0.2) is 0 Å². The topological polar surface area (TPSA) is 9.86 Å². The second-order valence-corrected chi connectivity index (χ2v) is 6.39. The maximum absolute atomic E-state index is 2.31. The van der Waals surface area contributed by atoms with Crippen LogP contribution in [0.4, 0.5) is 0 Å². The number of aryl methyl sites for hydroxylation is 2. The molecule has 2 heteroatoms. The Morgan fingerprint density at radius 1 is 0.739 bits per heavy atom. The van der Waals surface area contributed by atoms with Crippen molar-refractivity contribution in [3.05, 3.63) is 72.1 Å². The van der Waals surface area contributed by atoms with E-state index in [1.165, 1.54) is 32.9 Å². The molecule has 0 N–H and O–H groups in total. The fourth-order valence-electron chi connectivity index (χ4n) is 3.91. The second-order valence-electron chi connectivity index (χ2n) is 6.39. The molecule has 0 bridgehead atoms. The van der Waals surface area contributed by atoms with Crippen LogP contribution >= 0.6 is 0 Å². The molecule has 0 saturated carbocycles. The minimum absolute atomic E-state index is 0.423. The smallest absolute Gasteiger partial charge is 0.0480 e. The normalized spacial score (nSPS) is 11.8. The van der Waals surface area contributed by atoms with E-state index in [4.69, 9.17) is 0 Å². The van der Waals surface area contributed by atoms with Crippen LogP contribution in [0.25, 0.3) is 21.8 Å². The van der Waals surface area contributed by atoms with Crippen LogP contribution in [0.3, 0.4) is 0 Å². The molecule has 0 spiro atoms. The van der Waals surface area contributed by atoms with Crippen molar-refractivity contribution in [2.45, 2.75) is 19.3 Å². The zero-order chi connectivity index (χ0) is 16.0. The zero-order valence-electron chi connectivity index (χ0n) is 14.0. The van der Waals surface area contributed by atoms with Crippen molar-refractivity contribution in [1.29, 1.82) is 0 Å². The summed E-state index contributed by atoms with van der Waals surface area (Å²) in [6, 6.07) is 17.4. The summed E-state index contributed by atoms with van der Waals surface area (Å²) in [4.78, 5) is 0. The number of aromatic nitrogens is 2. The van der Waals surface area contributed by atoms with Crippen LogP contribution in [0.1, 0.15) is 30.4 Å². The van der Waals surface area contributed by atoms with Crippen molar-refractivity contribution in [1.82, 2.24) is 9.13 Å². The molecule has 0 amide bonds. The van der Waals surface area contributed by atoms with Gasteiger partial charge in [0.1, 0.15) is 0 Å². The third kappa shape index (κ3) is 2.09. The van der Waals surface area contributed by atoms with E-state index >= 15 is 0 Å². The van der Waals surface area contributed by atoms with E-state index < -0.39 is 0 Å². The number of nitrogens with zero attached hydrogens (tertiary/aromatic N) is 2. The fraction of sp³-hybridized carbons (Fsp3) is 0.238. The molecule has 2 aromatic carbocycles. The van der Waals surface area contributed by atoms with E-state index in [1.54, 1.807) is 0 Å². The Morgan fingerprint density at radius 2 is 1.17 bits per heavy atom. The highest BCUT2D eigenvalue weighted by molar-refractivity contribution is 5.88. The van der Waals surface area contributed by atoms with E-state index in [-0.39, 0.29) is 0 Å².